The maximum atomic E-state index is 12.7. The smallest absolute Gasteiger partial charge is 0.319 e. The van der Waals surface area contributed by atoms with Crippen molar-refractivity contribution < 1.29 is 9.59 Å². The van der Waals surface area contributed by atoms with Crippen molar-refractivity contribution in [2.45, 2.75) is 25.8 Å². The van der Waals surface area contributed by atoms with Crippen LogP contribution in [0.1, 0.15) is 29.6 Å². The van der Waals surface area contributed by atoms with E-state index in [1.165, 1.54) is 6.42 Å². The van der Waals surface area contributed by atoms with Crippen LogP contribution < -0.4 is 10.6 Å². The summed E-state index contributed by atoms with van der Waals surface area (Å²) in [6, 6.07) is 12.2. The fraction of sp³-hybridized carbons (Fsp3) is 0.333. The maximum Gasteiger partial charge on any atom is 0.319 e. The summed E-state index contributed by atoms with van der Waals surface area (Å²) in [7, 11) is 0. The molecule has 1 aliphatic rings. The van der Waals surface area contributed by atoms with Crippen LogP contribution in [0.4, 0.5) is 10.5 Å². The molecule has 2 N–H and O–H groups in total. The van der Waals surface area contributed by atoms with Gasteiger partial charge in [0, 0.05) is 25.2 Å². The van der Waals surface area contributed by atoms with Gasteiger partial charge in [0.15, 0.2) is 0 Å². The first-order chi connectivity index (χ1) is 14.6. The Hall–Kier alpha value is -3.13. The Kier molecular flexibility index (Phi) is 6.13. The molecule has 8 nitrogen and oxygen atoms in total. The number of aromatic nitrogens is 3. The lowest BCUT2D eigenvalue weighted by Gasteiger charge is -2.26. The molecule has 3 amide bonds. The number of benzene rings is 2. The van der Waals surface area contributed by atoms with Crippen LogP contribution in [0.2, 0.25) is 5.02 Å². The molecule has 0 radical (unpaired) electrons. The molecule has 4 rings (SSSR count). The second-order valence-corrected chi connectivity index (χ2v) is 7.64. The minimum absolute atomic E-state index is 0.0454. The standard InChI is InChI=1S/C21H23ClN6O2/c22-16-6-2-3-7-17(16)24-21(30)23-10-13-28-19-9-8-15(14-18(19)25-26-28)20(29)27-11-4-1-5-12-27/h2-3,6-9,14H,1,4-5,10-13H2,(H2,23,24,30). The summed E-state index contributed by atoms with van der Waals surface area (Å²) < 4.78 is 1.71. The van der Waals surface area contributed by atoms with Crippen molar-refractivity contribution in [1.29, 1.82) is 0 Å². The predicted molar refractivity (Wildman–Crippen MR) is 116 cm³/mol. The normalized spacial score (nSPS) is 14.0. The van der Waals surface area contributed by atoms with Gasteiger partial charge in [0.1, 0.15) is 5.52 Å². The fourth-order valence-corrected chi connectivity index (χ4v) is 3.74. The third kappa shape index (κ3) is 4.54. The highest BCUT2D eigenvalue weighted by Crippen LogP contribution is 2.20. The van der Waals surface area contributed by atoms with Crippen LogP contribution in [-0.2, 0) is 6.54 Å². The van der Waals surface area contributed by atoms with Gasteiger partial charge in [0.2, 0.25) is 0 Å². The number of hydrogen-bond donors (Lipinski definition) is 2. The van der Waals surface area contributed by atoms with Gasteiger partial charge in [-0.2, -0.15) is 0 Å². The maximum absolute atomic E-state index is 12.7. The van der Waals surface area contributed by atoms with Gasteiger partial charge in [-0.1, -0.05) is 28.9 Å². The van der Waals surface area contributed by atoms with Gasteiger partial charge in [0.05, 0.1) is 22.8 Å². The predicted octanol–water partition coefficient (Wildman–Crippen LogP) is 3.53. The van der Waals surface area contributed by atoms with Gasteiger partial charge >= 0.3 is 6.03 Å². The van der Waals surface area contributed by atoms with Crippen LogP contribution in [0.5, 0.6) is 0 Å². The summed E-state index contributed by atoms with van der Waals surface area (Å²) in [6.07, 6.45) is 3.30. The van der Waals surface area contributed by atoms with E-state index in [2.05, 4.69) is 20.9 Å². The molecule has 2 heterocycles. The fourth-order valence-electron chi connectivity index (χ4n) is 3.55. The summed E-state index contributed by atoms with van der Waals surface area (Å²) in [5, 5.41) is 14.3. The Morgan fingerprint density at radius 1 is 1.07 bits per heavy atom. The van der Waals surface area contributed by atoms with Crippen LogP contribution in [0.15, 0.2) is 42.5 Å². The molecule has 1 saturated heterocycles. The van der Waals surface area contributed by atoms with E-state index >= 15 is 0 Å². The Morgan fingerprint density at radius 3 is 2.67 bits per heavy atom. The molecule has 0 atom stereocenters. The molecule has 0 spiro atoms. The number of para-hydroxylation sites is 1. The zero-order valence-electron chi connectivity index (χ0n) is 16.5. The lowest BCUT2D eigenvalue weighted by atomic mass is 10.1. The third-order valence-corrected chi connectivity index (χ3v) is 5.46. The van der Waals surface area contributed by atoms with Gasteiger partial charge in [-0.25, -0.2) is 9.48 Å². The zero-order valence-corrected chi connectivity index (χ0v) is 17.2. The molecule has 9 heteroatoms. The van der Waals surface area contributed by atoms with Crippen LogP contribution in [0.25, 0.3) is 11.0 Å². The van der Waals surface area contributed by atoms with Crippen molar-refractivity contribution in [3.8, 4) is 0 Å². The van der Waals surface area contributed by atoms with E-state index in [9.17, 15) is 9.59 Å². The van der Waals surface area contributed by atoms with E-state index in [4.69, 9.17) is 11.6 Å². The second kappa shape index (κ2) is 9.13. The average molecular weight is 427 g/mol. The number of anilines is 1. The number of fused-ring (bicyclic) bond motifs is 1. The van der Waals surface area contributed by atoms with Crippen molar-refractivity contribution in [2.75, 3.05) is 25.0 Å². The number of urea groups is 1. The molecule has 2 aromatic carbocycles. The molecule has 0 saturated carbocycles. The lowest BCUT2D eigenvalue weighted by molar-refractivity contribution is 0.0724. The summed E-state index contributed by atoms with van der Waals surface area (Å²) >= 11 is 6.04. The van der Waals surface area contributed by atoms with Crippen molar-refractivity contribution in [3.05, 3.63) is 53.1 Å². The molecule has 1 fully saturated rings. The molecule has 0 bridgehead atoms. The lowest BCUT2D eigenvalue weighted by Crippen LogP contribution is -2.35. The number of hydrogen-bond acceptors (Lipinski definition) is 4. The Balaban J connectivity index is 1.35. The summed E-state index contributed by atoms with van der Waals surface area (Å²) in [5.74, 6) is 0.0454. The first-order valence-corrected chi connectivity index (χ1v) is 10.4. The number of rotatable bonds is 5. The number of likely N-dealkylation sites (tertiary alicyclic amines) is 1. The highest BCUT2D eigenvalue weighted by atomic mass is 35.5. The quantitative estimate of drug-likeness (QED) is 0.652. The van der Waals surface area contributed by atoms with E-state index in [1.54, 1.807) is 35.0 Å². The van der Waals surface area contributed by atoms with E-state index in [0.29, 0.717) is 34.9 Å². The Morgan fingerprint density at radius 2 is 1.87 bits per heavy atom. The molecular weight excluding hydrogens is 404 g/mol. The number of halogens is 1. The van der Waals surface area contributed by atoms with Gasteiger partial charge in [-0.15, -0.1) is 5.10 Å². The molecule has 1 aromatic heterocycles. The first kappa shape index (κ1) is 20.2. The van der Waals surface area contributed by atoms with Crippen molar-refractivity contribution in [1.82, 2.24) is 25.2 Å². The first-order valence-electron chi connectivity index (χ1n) is 10.0. The van der Waals surface area contributed by atoms with Crippen molar-refractivity contribution >= 4 is 40.3 Å². The van der Waals surface area contributed by atoms with Gasteiger partial charge in [0.25, 0.3) is 5.91 Å². The van der Waals surface area contributed by atoms with Gasteiger partial charge in [-0.3, -0.25) is 4.79 Å². The Bertz CT molecular complexity index is 1060. The minimum atomic E-state index is -0.345. The number of carbonyl (C=O) groups excluding carboxylic acids is 2. The van der Waals surface area contributed by atoms with Crippen LogP contribution >= 0.6 is 11.6 Å². The summed E-state index contributed by atoms with van der Waals surface area (Å²) in [4.78, 5) is 26.6. The monoisotopic (exact) mass is 426 g/mol. The molecule has 0 unspecified atom stereocenters. The van der Waals surface area contributed by atoms with Crippen molar-refractivity contribution in [3.63, 3.8) is 0 Å². The van der Waals surface area contributed by atoms with E-state index in [1.807, 2.05) is 17.0 Å². The Labute approximate surface area is 179 Å². The molecule has 0 aliphatic carbocycles. The van der Waals surface area contributed by atoms with Gasteiger partial charge in [-0.05, 0) is 49.6 Å². The van der Waals surface area contributed by atoms with Gasteiger partial charge < -0.3 is 15.5 Å². The summed E-state index contributed by atoms with van der Waals surface area (Å²) in [6.45, 7) is 2.44. The largest absolute Gasteiger partial charge is 0.339 e. The third-order valence-electron chi connectivity index (χ3n) is 5.14. The van der Waals surface area contributed by atoms with E-state index < -0.39 is 0 Å². The average Bonchev–Trinajstić information content (AvgIpc) is 3.18. The molecule has 156 valence electrons. The molecule has 1 aliphatic heterocycles. The number of nitrogens with one attached hydrogen (secondary N) is 2. The van der Waals surface area contributed by atoms with Crippen LogP contribution in [0, 0.1) is 0 Å². The van der Waals surface area contributed by atoms with E-state index in [0.717, 1.165) is 31.4 Å². The number of piperidine rings is 1. The SMILES string of the molecule is O=C(NCCn1nnc2cc(C(=O)N3CCCCC3)ccc21)Nc1ccccc1Cl. The van der Waals surface area contributed by atoms with E-state index in [-0.39, 0.29) is 11.9 Å². The minimum Gasteiger partial charge on any atom is -0.339 e. The second-order valence-electron chi connectivity index (χ2n) is 7.23. The highest BCUT2D eigenvalue weighted by molar-refractivity contribution is 6.33. The zero-order chi connectivity index (χ0) is 20.9. The van der Waals surface area contributed by atoms with Crippen molar-refractivity contribution in [2.24, 2.45) is 0 Å². The summed E-state index contributed by atoms with van der Waals surface area (Å²) in [5.41, 5.74) is 2.67. The number of carbonyl (C=O) groups is 2. The number of amides is 3. The topological polar surface area (TPSA) is 92.1 Å². The molecular formula is C21H23ClN6O2. The van der Waals surface area contributed by atoms with Crippen LogP contribution in [0.3, 0.4) is 0 Å². The molecule has 3 aromatic rings. The number of nitrogens with zero attached hydrogens (tertiary/aromatic N) is 4. The molecule has 30 heavy (non-hydrogen) atoms. The van der Waals surface area contributed by atoms with Crippen LogP contribution in [-0.4, -0.2) is 51.5 Å². The highest BCUT2D eigenvalue weighted by Gasteiger charge is 2.19.